The van der Waals surface area contributed by atoms with Gasteiger partial charge in [-0.2, -0.15) is 0 Å². The van der Waals surface area contributed by atoms with Crippen molar-refractivity contribution in [3.05, 3.63) is 35.4 Å². The van der Waals surface area contributed by atoms with E-state index in [2.05, 4.69) is 52.9 Å². The number of benzene rings is 1. The normalized spacial score (nSPS) is 25.0. The van der Waals surface area contributed by atoms with Gasteiger partial charge in [-0.15, -0.1) is 24.0 Å². The Balaban J connectivity index is 0.00000243. The summed E-state index contributed by atoms with van der Waals surface area (Å²) < 4.78 is 5.84. The summed E-state index contributed by atoms with van der Waals surface area (Å²) in [6.07, 6.45) is 4.34. The number of guanidine groups is 1. The van der Waals surface area contributed by atoms with E-state index in [1.54, 1.807) is 0 Å². The fraction of sp³-hybridized carbons (Fsp3) is 0.650. The fourth-order valence-electron chi connectivity index (χ4n) is 3.91. The molecule has 2 aliphatic heterocycles. The smallest absolute Gasteiger partial charge is 0.191 e. The summed E-state index contributed by atoms with van der Waals surface area (Å²) in [5.74, 6) is 0.697. The summed E-state index contributed by atoms with van der Waals surface area (Å²) >= 11 is 0. The molecule has 2 atom stereocenters. The van der Waals surface area contributed by atoms with Crippen LogP contribution in [-0.4, -0.2) is 54.1 Å². The first kappa shape index (κ1) is 21.4. The molecule has 0 aliphatic carbocycles. The minimum Gasteiger partial charge on any atom is -0.373 e. The zero-order valence-corrected chi connectivity index (χ0v) is 18.4. The van der Waals surface area contributed by atoms with Crippen LogP contribution in [0.1, 0.15) is 44.2 Å². The summed E-state index contributed by atoms with van der Waals surface area (Å²) in [7, 11) is 0. The number of hydrogen-bond acceptors (Lipinski definition) is 3. The second-order valence-electron chi connectivity index (χ2n) is 7.44. The van der Waals surface area contributed by atoms with Crippen molar-refractivity contribution in [3.63, 3.8) is 0 Å². The van der Waals surface area contributed by atoms with E-state index < -0.39 is 0 Å². The van der Waals surface area contributed by atoms with Crippen LogP contribution in [0.25, 0.3) is 0 Å². The van der Waals surface area contributed by atoms with Crippen LogP contribution in [0, 0.1) is 0 Å². The Hall–Kier alpha value is -0.860. The zero-order valence-electron chi connectivity index (χ0n) is 16.1. The van der Waals surface area contributed by atoms with Crippen molar-refractivity contribution in [1.29, 1.82) is 0 Å². The van der Waals surface area contributed by atoms with Gasteiger partial charge in [0.05, 0.1) is 18.8 Å². The van der Waals surface area contributed by atoms with Crippen LogP contribution in [0.5, 0.6) is 0 Å². The summed E-state index contributed by atoms with van der Waals surface area (Å²) in [6.45, 7) is 9.97. The summed E-state index contributed by atoms with van der Waals surface area (Å²) in [5.41, 5.74) is 8.83. The number of ether oxygens (including phenoxy) is 1. The molecule has 3 rings (SSSR count). The fourth-order valence-corrected chi connectivity index (χ4v) is 3.91. The van der Waals surface area contributed by atoms with Crippen molar-refractivity contribution in [2.24, 2.45) is 10.7 Å². The molecule has 2 fully saturated rings. The van der Waals surface area contributed by atoms with E-state index in [0.717, 1.165) is 32.7 Å². The first-order valence-electron chi connectivity index (χ1n) is 9.61. The zero-order chi connectivity index (χ0) is 17.6. The molecular formula is C20H33IN4O. The van der Waals surface area contributed by atoms with Gasteiger partial charge >= 0.3 is 0 Å². The third kappa shape index (κ3) is 6.09. The maximum absolute atomic E-state index is 6.22. The largest absolute Gasteiger partial charge is 0.373 e. The molecule has 6 heteroatoms. The van der Waals surface area contributed by atoms with Gasteiger partial charge in [0.25, 0.3) is 0 Å². The van der Waals surface area contributed by atoms with Gasteiger partial charge in [-0.3, -0.25) is 4.90 Å². The molecule has 146 valence electrons. The molecule has 1 aromatic carbocycles. The molecule has 1 aromatic rings. The van der Waals surface area contributed by atoms with Crippen molar-refractivity contribution < 1.29 is 4.74 Å². The number of nitrogens with two attached hydrogens (primary N) is 1. The highest BCUT2D eigenvalue weighted by molar-refractivity contribution is 14.0. The van der Waals surface area contributed by atoms with E-state index in [9.17, 15) is 0 Å². The van der Waals surface area contributed by atoms with Gasteiger partial charge < -0.3 is 15.4 Å². The molecular weight excluding hydrogens is 439 g/mol. The Morgan fingerprint density at radius 1 is 1.08 bits per heavy atom. The average Bonchev–Trinajstić information content (AvgIpc) is 2.60. The number of piperidine rings is 1. The highest BCUT2D eigenvalue weighted by Crippen LogP contribution is 2.18. The van der Waals surface area contributed by atoms with Gasteiger partial charge in [-0.05, 0) is 44.2 Å². The lowest BCUT2D eigenvalue weighted by molar-refractivity contribution is -0.0705. The first-order chi connectivity index (χ1) is 12.1. The minimum absolute atomic E-state index is 0. The number of morpholine rings is 1. The van der Waals surface area contributed by atoms with E-state index in [-0.39, 0.29) is 24.0 Å². The second kappa shape index (κ2) is 10.5. The van der Waals surface area contributed by atoms with Crippen LogP contribution < -0.4 is 5.73 Å². The van der Waals surface area contributed by atoms with Gasteiger partial charge in [0.15, 0.2) is 5.96 Å². The van der Waals surface area contributed by atoms with Crippen LogP contribution >= 0.6 is 24.0 Å². The Labute approximate surface area is 175 Å². The van der Waals surface area contributed by atoms with Crippen LogP contribution in [0.4, 0.5) is 0 Å². The quantitative estimate of drug-likeness (QED) is 0.416. The molecule has 2 unspecified atom stereocenters. The van der Waals surface area contributed by atoms with Crippen LogP contribution in [0.2, 0.25) is 0 Å². The number of nitrogens with zero attached hydrogens (tertiary/aromatic N) is 3. The minimum atomic E-state index is 0. The third-order valence-corrected chi connectivity index (χ3v) is 5.10. The molecule has 0 amide bonds. The number of rotatable bonds is 4. The van der Waals surface area contributed by atoms with Crippen molar-refractivity contribution in [3.8, 4) is 0 Å². The number of likely N-dealkylation sites (tertiary alicyclic amines) is 1. The van der Waals surface area contributed by atoms with Gasteiger partial charge in [-0.1, -0.05) is 24.3 Å². The van der Waals surface area contributed by atoms with Gasteiger partial charge in [0, 0.05) is 32.7 Å². The molecule has 5 nitrogen and oxygen atoms in total. The van der Waals surface area contributed by atoms with Crippen LogP contribution in [0.15, 0.2) is 29.3 Å². The van der Waals surface area contributed by atoms with Crippen molar-refractivity contribution in [1.82, 2.24) is 9.80 Å². The maximum atomic E-state index is 6.22. The molecule has 0 saturated carbocycles. The highest BCUT2D eigenvalue weighted by atomic mass is 127. The van der Waals surface area contributed by atoms with Crippen molar-refractivity contribution in [2.45, 2.75) is 58.4 Å². The Morgan fingerprint density at radius 2 is 1.69 bits per heavy atom. The van der Waals surface area contributed by atoms with Gasteiger partial charge in [-0.25, -0.2) is 4.99 Å². The SMILES string of the molecule is CC1CN(Cc2ccccc2CN=C(N)N2CCCCC2)CC(C)O1.I. The lowest BCUT2D eigenvalue weighted by atomic mass is 10.1. The van der Waals surface area contributed by atoms with E-state index >= 15 is 0 Å². The monoisotopic (exact) mass is 472 g/mol. The second-order valence-corrected chi connectivity index (χ2v) is 7.44. The Morgan fingerprint density at radius 3 is 2.35 bits per heavy atom. The van der Waals surface area contributed by atoms with E-state index in [1.807, 2.05) is 0 Å². The van der Waals surface area contributed by atoms with Crippen LogP contribution in [-0.2, 0) is 17.8 Å². The molecule has 0 radical (unpaired) electrons. The summed E-state index contributed by atoms with van der Waals surface area (Å²) in [4.78, 5) is 9.38. The molecule has 0 spiro atoms. The van der Waals surface area contributed by atoms with E-state index in [4.69, 9.17) is 10.5 Å². The Bertz CT molecular complexity index is 579. The maximum Gasteiger partial charge on any atom is 0.191 e. The average molecular weight is 472 g/mol. The third-order valence-electron chi connectivity index (χ3n) is 5.10. The van der Waals surface area contributed by atoms with E-state index in [0.29, 0.717) is 24.7 Å². The molecule has 26 heavy (non-hydrogen) atoms. The summed E-state index contributed by atoms with van der Waals surface area (Å²) in [5, 5.41) is 0. The highest BCUT2D eigenvalue weighted by Gasteiger charge is 2.22. The molecule has 0 bridgehead atoms. The van der Waals surface area contributed by atoms with Crippen molar-refractivity contribution >= 4 is 29.9 Å². The topological polar surface area (TPSA) is 54.1 Å². The predicted octanol–water partition coefficient (Wildman–Crippen LogP) is 3.21. The van der Waals surface area contributed by atoms with E-state index in [1.165, 1.54) is 30.4 Å². The lowest BCUT2D eigenvalue weighted by Crippen LogP contribution is -2.44. The summed E-state index contributed by atoms with van der Waals surface area (Å²) in [6, 6.07) is 8.60. The van der Waals surface area contributed by atoms with Gasteiger partial charge in [0.1, 0.15) is 0 Å². The molecule has 0 aromatic heterocycles. The Kier molecular flexibility index (Phi) is 8.63. The van der Waals surface area contributed by atoms with Crippen molar-refractivity contribution in [2.75, 3.05) is 26.2 Å². The van der Waals surface area contributed by atoms with Crippen LogP contribution in [0.3, 0.4) is 0 Å². The molecule has 2 saturated heterocycles. The predicted molar refractivity (Wildman–Crippen MR) is 118 cm³/mol. The van der Waals surface area contributed by atoms with Gasteiger partial charge in [0.2, 0.25) is 0 Å². The standard InChI is InChI=1S/C20H32N4O.HI/c1-16-13-23(14-17(2)25-16)15-19-9-5-4-8-18(19)12-22-20(21)24-10-6-3-7-11-24;/h4-5,8-9,16-17H,3,6-7,10-15H2,1-2H3,(H2,21,22);1H. The molecule has 2 heterocycles. The number of aliphatic imine (C=N–C) groups is 1. The first-order valence-corrected chi connectivity index (χ1v) is 9.61. The molecule has 2 N–H and O–H groups in total. The number of hydrogen-bond donors (Lipinski definition) is 1. The number of halogens is 1. The molecule has 2 aliphatic rings. The lowest BCUT2D eigenvalue weighted by Gasteiger charge is -2.35.